The number of benzene rings is 2. The second-order valence-corrected chi connectivity index (χ2v) is 7.01. The molecule has 0 saturated heterocycles. The number of para-hydroxylation sites is 1. The van der Waals surface area contributed by atoms with Crippen LogP contribution in [0.4, 0.5) is 0 Å². The molecular weight excluding hydrogens is 440 g/mol. The van der Waals surface area contributed by atoms with Gasteiger partial charge in [0, 0.05) is 17.0 Å². The molecule has 0 aliphatic carbocycles. The van der Waals surface area contributed by atoms with Gasteiger partial charge in [0.1, 0.15) is 12.4 Å². The molecule has 0 aliphatic heterocycles. The smallest absolute Gasteiger partial charge is 0.340 e. The van der Waals surface area contributed by atoms with Crippen LogP contribution in [-0.2, 0) is 40.0 Å². The van der Waals surface area contributed by atoms with E-state index < -0.39 is 35.7 Å². The molecule has 32 heavy (non-hydrogen) atoms. The van der Waals surface area contributed by atoms with Crippen LogP contribution < -0.4 is 4.74 Å². The SMILES string of the molecule is C=C(CC(C(=O)OC)(C(=O)OC)C(=O)Oc1ccccc1)C(=O)OCc1ccc(Cl)cc1. The molecule has 0 unspecified atom stereocenters. The summed E-state index contributed by atoms with van der Waals surface area (Å²) in [5, 5.41) is 0.516. The fourth-order valence-electron chi connectivity index (χ4n) is 2.72. The first kappa shape index (κ1) is 24.6. The van der Waals surface area contributed by atoms with Gasteiger partial charge >= 0.3 is 23.9 Å². The van der Waals surface area contributed by atoms with Gasteiger partial charge in [-0.1, -0.05) is 48.5 Å². The van der Waals surface area contributed by atoms with Crippen LogP contribution in [0, 0.1) is 5.41 Å². The summed E-state index contributed by atoms with van der Waals surface area (Å²) < 4.78 is 19.7. The number of carbonyl (C=O) groups is 4. The number of halogens is 1. The van der Waals surface area contributed by atoms with Crippen LogP contribution in [0.1, 0.15) is 12.0 Å². The van der Waals surface area contributed by atoms with Gasteiger partial charge in [0.15, 0.2) is 0 Å². The Bertz CT molecular complexity index is 982. The van der Waals surface area contributed by atoms with E-state index in [-0.39, 0.29) is 17.9 Å². The normalized spacial score (nSPS) is 10.6. The largest absolute Gasteiger partial charge is 0.468 e. The highest BCUT2D eigenvalue weighted by Gasteiger charge is 2.58. The average molecular weight is 461 g/mol. The van der Waals surface area contributed by atoms with Crippen molar-refractivity contribution in [3.05, 3.63) is 77.3 Å². The Hall–Kier alpha value is -3.65. The zero-order chi connectivity index (χ0) is 23.7. The molecule has 9 heteroatoms. The molecule has 0 saturated carbocycles. The quantitative estimate of drug-likeness (QED) is 0.184. The van der Waals surface area contributed by atoms with E-state index in [0.29, 0.717) is 10.6 Å². The Kier molecular flexibility index (Phi) is 8.54. The van der Waals surface area contributed by atoms with E-state index in [1.54, 1.807) is 42.5 Å². The Morgan fingerprint density at radius 3 is 1.97 bits per heavy atom. The number of ether oxygens (including phenoxy) is 4. The highest BCUT2D eigenvalue weighted by atomic mass is 35.5. The van der Waals surface area contributed by atoms with Gasteiger partial charge in [0.2, 0.25) is 0 Å². The minimum Gasteiger partial charge on any atom is -0.468 e. The topological polar surface area (TPSA) is 105 Å². The average Bonchev–Trinajstić information content (AvgIpc) is 2.81. The standard InChI is InChI=1S/C23H21ClO8/c1-15(19(25)31-14-16-9-11-17(24)12-10-16)13-23(20(26)29-2,21(27)30-3)22(28)32-18-7-5-4-6-8-18/h4-12H,1,13-14H2,2-3H3. The van der Waals surface area contributed by atoms with Crippen molar-refractivity contribution in [1.29, 1.82) is 0 Å². The van der Waals surface area contributed by atoms with E-state index in [1.165, 1.54) is 12.1 Å². The zero-order valence-electron chi connectivity index (χ0n) is 17.5. The summed E-state index contributed by atoms with van der Waals surface area (Å²) >= 11 is 5.82. The molecule has 0 aromatic heterocycles. The molecule has 0 fully saturated rings. The summed E-state index contributed by atoms with van der Waals surface area (Å²) in [6.07, 6.45) is -0.766. The summed E-state index contributed by atoms with van der Waals surface area (Å²) in [4.78, 5) is 50.6. The van der Waals surface area contributed by atoms with Crippen molar-refractivity contribution in [2.75, 3.05) is 14.2 Å². The Balaban J connectivity index is 2.25. The van der Waals surface area contributed by atoms with Gasteiger partial charge in [0.05, 0.1) is 14.2 Å². The maximum atomic E-state index is 13.0. The maximum absolute atomic E-state index is 13.0. The molecule has 0 N–H and O–H groups in total. The first-order chi connectivity index (χ1) is 15.2. The van der Waals surface area contributed by atoms with E-state index >= 15 is 0 Å². The van der Waals surface area contributed by atoms with Gasteiger partial charge in [-0.2, -0.15) is 0 Å². The van der Waals surface area contributed by atoms with Gasteiger partial charge in [0.25, 0.3) is 5.41 Å². The van der Waals surface area contributed by atoms with Crippen molar-refractivity contribution in [2.24, 2.45) is 5.41 Å². The van der Waals surface area contributed by atoms with Gasteiger partial charge < -0.3 is 18.9 Å². The highest BCUT2D eigenvalue weighted by Crippen LogP contribution is 2.32. The van der Waals surface area contributed by atoms with Crippen LogP contribution in [-0.4, -0.2) is 38.1 Å². The van der Waals surface area contributed by atoms with Crippen LogP contribution in [0.3, 0.4) is 0 Å². The molecule has 8 nitrogen and oxygen atoms in total. The number of esters is 4. The third-order valence-electron chi connectivity index (χ3n) is 4.42. The van der Waals surface area contributed by atoms with Crippen molar-refractivity contribution in [3.8, 4) is 5.75 Å². The fourth-order valence-corrected chi connectivity index (χ4v) is 2.85. The van der Waals surface area contributed by atoms with Crippen molar-refractivity contribution in [2.45, 2.75) is 13.0 Å². The molecule has 0 amide bonds. The predicted octanol–water partition coefficient (Wildman–Crippen LogP) is 3.27. The van der Waals surface area contributed by atoms with E-state index in [1.807, 2.05) is 0 Å². The summed E-state index contributed by atoms with van der Waals surface area (Å²) in [6, 6.07) is 14.3. The Labute approximate surface area is 189 Å². The van der Waals surface area contributed by atoms with Crippen LogP contribution in [0.15, 0.2) is 66.7 Å². The molecule has 0 heterocycles. The number of carbonyl (C=O) groups excluding carboxylic acids is 4. The van der Waals surface area contributed by atoms with Gasteiger partial charge in [-0.05, 0) is 29.8 Å². The molecule has 0 spiro atoms. The van der Waals surface area contributed by atoms with E-state index in [4.69, 9.17) is 21.1 Å². The third kappa shape index (κ3) is 5.73. The first-order valence-electron chi connectivity index (χ1n) is 9.28. The molecule has 168 valence electrons. The van der Waals surface area contributed by atoms with Crippen molar-refractivity contribution < 1.29 is 38.1 Å². The lowest BCUT2D eigenvalue weighted by Gasteiger charge is -2.26. The number of methoxy groups -OCH3 is 2. The minimum atomic E-state index is -2.62. The van der Waals surface area contributed by atoms with Gasteiger partial charge in [-0.25, -0.2) is 9.59 Å². The van der Waals surface area contributed by atoms with Crippen LogP contribution in [0.5, 0.6) is 5.75 Å². The lowest BCUT2D eigenvalue weighted by Crippen LogP contribution is -2.50. The van der Waals surface area contributed by atoms with Gasteiger partial charge in [-0.3, -0.25) is 9.59 Å². The molecule has 0 atom stereocenters. The molecular formula is C23H21ClO8. The number of rotatable bonds is 9. The Morgan fingerprint density at radius 2 is 1.44 bits per heavy atom. The summed E-state index contributed by atoms with van der Waals surface area (Å²) in [5.74, 6) is -4.67. The second kappa shape index (κ2) is 11.1. The van der Waals surface area contributed by atoms with Gasteiger partial charge in [-0.15, -0.1) is 0 Å². The summed E-state index contributed by atoms with van der Waals surface area (Å²) in [6.45, 7) is 3.45. The number of hydrogen-bond acceptors (Lipinski definition) is 8. The van der Waals surface area contributed by atoms with E-state index in [2.05, 4.69) is 16.1 Å². The summed E-state index contributed by atoms with van der Waals surface area (Å²) in [7, 11) is 1.97. The van der Waals surface area contributed by atoms with Crippen LogP contribution in [0.2, 0.25) is 5.02 Å². The monoisotopic (exact) mass is 460 g/mol. The lowest BCUT2D eigenvalue weighted by atomic mass is 9.81. The maximum Gasteiger partial charge on any atom is 0.340 e. The number of hydrogen-bond donors (Lipinski definition) is 0. The minimum absolute atomic E-state index is 0.0746. The highest BCUT2D eigenvalue weighted by molar-refractivity contribution is 6.30. The second-order valence-electron chi connectivity index (χ2n) is 6.57. The molecule has 2 aromatic carbocycles. The fraction of sp³-hybridized carbons (Fsp3) is 0.217. The molecule has 0 bridgehead atoms. The molecule has 0 radical (unpaired) electrons. The van der Waals surface area contributed by atoms with Crippen LogP contribution in [0.25, 0.3) is 0 Å². The lowest BCUT2D eigenvalue weighted by molar-refractivity contribution is -0.177. The summed E-state index contributed by atoms with van der Waals surface area (Å²) in [5.41, 5.74) is -2.30. The van der Waals surface area contributed by atoms with Crippen molar-refractivity contribution in [1.82, 2.24) is 0 Å². The van der Waals surface area contributed by atoms with Crippen LogP contribution >= 0.6 is 11.6 Å². The first-order valence-corrected chi connectivity index (χ1v) is 9.66. The predicted molar refractivity (Wildman–Crippen MR) is 114 cm³/mol. The molecule has 2 rings (SSSR count). The molecule has 2 aromatic rings. The van der Waals surface area contributed by atoms with Crippen molar-refractivity contribution in [3.63, 3.8) is 0 Å². The van der Waals surface area contributed by atoms with E-state index in [9.17, 15) is 19.2 Å². The van der Waals surface area contributed by atoms with Crippen molar-refractivity contribution >= 4 is 35.5 Å². The Morgan fingerprint density at radius 1 is 0.875 bits per heavy atom. The molecule has 0 aliphatic rings. The third-order valence-corrected chi connectivity index (χ3v) is 4.67. The zero-order valence-corrected chi connectivity index (χ0v) is 18.2. The van der Waals surface area contributed by atoms with E-state index in [0.717, 1.165) is 14.2 Å².